The molecular formula is C11H8BrF6NO3. The average molecular weight is 396 g/mol. The van der Waals surface area contributed by atoms with Gasteiger partial charge in [0.1, 0.15) is 0 Å². The Kier molecular flexibility index (Phi) is 5.65. The van der Waals surface area contributed by atoms with Gasteiger partial charge in [-0.1, -0.05) is 15.9 Å². The summed E-state index contributed by atoms with van der Waals surface area (Å²) in [7, 11) is 0.979. The van der Waals surface area contributed by atoms with Crippen LogP contribution < -0.4 is 4.74 Å². The minimum Gasteiger partial charge on any atom is -0.469 e. The maximum Gasteiger partial charge on any atom is 0.574 e. The smallest absolute Gasteiger partial charge is 0.469 e. The van der Waals surface area contributed by atoms with Crippen LogP contribution in [0.25, 0.3) is 0 Å². The van der Waals surface area contributed by atoms with Crippen molar-refractivity contribution in [3.63, 3.8) is 0 Å². The molecule has 4 nitrogen and oxygen atoms in total. The lowest BCUT2D eigenvalue weighted by Gasteiger charge is -2.17. The fourth-order valence-electron chi connectivity index (χ4n) is 1.49. The normalized spacial score (nSPS) is 12.2. The molecule has 0 aliphatic rings. The van der Waals surface area contributed by atoms with Gasteiger partial charge in [-0.25, -0.2) is 4.98 Å². The van der Waals surface area contributed by atoms with E-state index in [0.29, 0.717) is 6.07 Å². The van der Waals surface area contributed by atoms with Crippen molar-refractivity contribution in [2.24, 2.45) is 0 Å². The topological polar surface area (TPSA) is 48.4 Å². The third-order valence-corrected chi connectivity index (χ3v) is 2.90. The van der Waals surface area contributed by atoms with Crippen LogP contribution in [0.1, 0.15) is 16.8 Å². The number of alkyl halides is 7. The molecule has 22 heavy (non-hydrogen) atoms. The van der Waals surface area contributed by atoms with Crippen molar-refractivity contribution in [1.29, 1.82) is 0 Å². The number of methoxy groups -OCH3 is 1. The molecule has 0 aliphatic carbocycles. The van der Waals surface area contributed by atoms with Gasteiger partial charge in [-0.2, -0.15) is 13.2 Å². The number of ether oxygens (including phenoxy) is 2. The number of pyridine rings is 1. The van der Waals surface area contributed by atoms with E-state index in [1.54, 1.807) is 0 Å². The molecule has 1 heterocycles. The Hall–Kier alpha value is -1.52. The Morgan fingerprint density at radius 1 is 1.27 bits per heavy atom. The maximum atomic E-state index is 12.9. The molecule has 0 radical (unpaired) electrons. The summed E-state index contributed by atoms with van der Waals surface area (Å²) in [5.41, 5.74) is -2.75. The van der Waals surface area contributed by atoms with Gasteiger partial charge in [0.25, 0.3) is 0 Å². The standard InChI is InChI=1S/C11H8BrF6NO3/c1-21-8(20)3-5-2-7(10(13,14)15)6(4-12)9(19-5)22-11(16,17)18/h2H,3-4H2,1H3. The monoisotopic (exact) mass is 395 g/mol. The van der Waals surface area contributed by atoms with Gasteiger partial charge in [-0.05, 0) is 6.07 Å². The van der Waals surface area contributed by atoms with Crippen molar-refractivity contribution in [2.75, 3.05) is 7.11 Å². The number of aromatic nitrogens is 1. The van der Waals surface area contributed by atoms with E-state index in [4.69, 9.17) is 0 Å². The van der Waals surface area contributed by atoms with Gasteiger partial charge in [-0.15, -0.1) is 13.2 Å². The molecule has 0 saturated heterocycles. The summed E-state index contributed by atoms with van der Waals surface area (Å²) in [6.07, 6.45) is -10.9. The minimum absolute atomic E-state index is 0.483. The molecule has 0 aromatic carbocycles. The molecule has 0 unspecified atom stereocenters. The number of rotatable bonds is 4. The largest absolute Gasteiger partial charge is 0.574 e. The van der Waals surface area contributed by atoms with Crippen LogP contribution in [0.5, 0.6) is 5.88 Å². The summed E-state index contributed by atoms with van der Waals surface area (Å²) < 4.78 is 83.5. The van der Waals surface area contributed by atoms with Crippen LogP contribution in [0, 0.1) is 0 Å². The van der Waals surface area contributed by atoms with Crippen molar-refractivity contribution >= 4 is 21.9 Å². The molecule has 124 valence electrons. The van der Waals surface area contributed by atoms with Gasteiger partial charge in [-0.3, -0.25) is 4.79 Å². The van der Waals surface area contributed by atoms with Gasteiger partial charge in [0.05, 0.1) is 24.8 Å². The molecule has 0 bridgehead atoms. The summed E-state index contributed by atoms with van der Waals surface area (Å²) in [4.78, 5) is 14.4. The minimum atomic E-state index is -5.23. The Labute approximate surface area is 128 Å². The van der Waals surface area contributed by atoms with Gasteiger partial charge in [0, 0.05) is 10.9 Å². The molecule has 1 aromatic rings. The average Bonchev–Trinajstić information content (AvgIpc) is 2.35. The first-order valence-corrected chi connectivity index (χ1v) is 6.58. The molecule has 0 N–H and O–H groups in total. The lowest BCUT2D eigenvalue weighted by molar-refractivity contribution is -0.276. The summed E-state index contributed by atoms with van der Waals surface area (Å²) in [5, 5.41) is -0.571. The molecule has 11 heteroatoms. The quantitative estimate of drug-likeness (QED) is 0.444. The number of nitrogens with zero attached hydrogens (tertiary/aromatic N) is 1. The van der Waals surface area contributed by atoms with Gasteiger partial charge >= 0.3 is 18.5 Å². The number of carbonyl (C=O) groups is 1. The fraction of sp³-hybridized carbons (Fsp3) is 0.455. The highest BCUT2D eigenvalue weighted by Gasteiger charge is 2.39. The van der Waals surface area contributed by atoms with Crippen molar-refractivity contribution in [3.8, 4) is 5.88 Å². The zero-order chi connectivity index (χ0) is 17.1. The highest BCUT2D eigenvalue weighted by Crippen LogP contribution is 2.38. The Morgan fingerprint density at radius 3 is 2.27 bits per heavy atom. The molecule has 0 atom stereocenters. The van der Waals surface area contributed by atoms with Crippen LogP contribution in [0.15, 0.2) is 6.07 Å². The number of esters is 1. The summed E-state index contributed by atoms with van der Waals surface area (Å²) in [5.74, 6) is -2.22. The number of hydrogen-bond acceptors (Lipinski definition) is 4. The number of hydrogen-bond donors (Lipinski definition) is 0. The molecule has 0 fully saturated rings. The van der Waals surface area contributed by atoms with E-state index in [-0.39, 0.29) is 0 Å². The van der Waals surface area contributed by atoms with E-state index in [1.807, 2.05) is 0 Å². The second-order valence-electron chi connectivity index (χ2n) is 3.88. The SMILES string of the molecule is COC(=O)Cc1cc(C(F)(F)F)c(CBr)c(OC(F)(F)F)n1. The first-order chi connectivity index (χ1) is 9.97. The van der Waals surface area contributed by atoms with E-state index in [2.05, 4.69) is 30.4 Å². The lowest BCUT2D eigenvalue weighted by Crippen LogP contribution is -2.22. The van der Waals surface area contributed by atoms with Crippen LogP contribution >= 0.6 is 15.9 Å². The van der Waals surface area contributed by atoms with E-state index in [9.17, 15) is 31.1 Å². The Balaban J connectivity index is 3.44. The van der Waals surface area contributed by atoms with Crippen LogP contribution in [-0.4, -0.2) is 24.4 Å². The van der Waals surface area contributed by atoms with E-state index in [1.165, 1.54) is 0 Å². The van der Waals surface area contributed by atoms with Crippen molar-refractivity contribution in [2.45, 2.75) is 24.3 Å². The molecular weight excluding hydrogens is 388 g/mol. The molecule has 0 spiro atoms. The third kappa shape index (κ3) is 5.04. The summed E-state index contributed by atoms with van der Waals surface area (Å²) in [6.45, 7) is 0. The highest BCUT2D eigenvalue weighted by molar-refractivity contribution is 9.08. The number of halogens is 7. The maximum absolute atomic E-state index is 12.9. The van der Waals surface area contributed by atoms with Crippen molar-refractivity contribution in [1.82, 2.24) is 4.98 Å². The van der Waals surface area contributed by atoms with E-state index < -0.39 is 53.0 Å². The first kappa shape index (κ1) is 18.5. The summed E-state index contributed by atoms with van der Waals surface area (Å²) in [6, 6.07) is 0.483. The van der Waals surface area contributed by atoms with E-state index in [0.717, 1.165) is 7.11 Å². The first-order valence-electron chi connectivity index (χ1n) is 5.46. The van der Waals surface area contributed by atoms with Crippen LogP contribution in [0.4, 0.5) is 26.3 Å². The zero-order valence-corrected chi connectivity index (χ0v) is 12.4. The van der Waals surface area contributed by atoms with Crippen LogP contribution in [0.3, 0.4) is 0 Å². The molecule has 1 rings (SSSR count). The second kappa shape index (κ2) is 6.71. The summed E-state index contributed by atoms with van der Waals surface area (Å²) >= 11 is 2.67. The highest BCUT2D eigenvalue weighted by atomic mass is 79.9. The molecule has 0 saturated carbocycles. The van der Waals surface area contributed by atoms with Crippen molar-refractivity contribution in [3.05, 3.63) is 22.9 Å². The predicted molar refractivity (Wildman–Crippen MR) is 64.3 cm³/mol. The lowest BCUT2D eigenvalue weighted by atomic mass is 10.1. The molecule has 0 aliphatic heterocycles. The van der Waals surface area contributed by atoms with Gasteiger partial charge in [0.15, 0.2) is 0 Å². The van der Waals surface area contributed by atoms with Crippen LogP contribution in [-0.2, 0) is 27.5 Å². The van der Waals surface area contributed by atoms with Crippen molar-refractivity contribution < 1.29 is 40.6 Å². The second-order valence-corrected chi connectivity index (χ2v) is 4.44. The fourth-order valence-corrected chi connectivity index (χ4v) is 2.03. The van der Waals surface area contributed by atoms with Gasteiger partial charge in [0.2, 0.25) is 5.88 Å². The molecule has 1 aromatic heterocycles. The van der Waals surface area contributed by atoms with E-state index >= 15 is 0 Å². The van der Waals surface area contributed by atoms with Crippen LogP contribution in [0.2, 0.25) is 0 Å². The van der Waals surface area contributed by atoms with Gasteiger partial charge < -0.3 is 9.47 Å². The third-order valence-electron chi connectivity index (χ3n) is 2.34. The predicted octanol–water partition coefficient (Wildman–Crippen LogP) is 3.61. The Morgan fingerprint density at radius 2 is 1.86 bits per heavy atom. The zero-order valence-electron chi connectivity index (χ0n) is 10.8. The molecule has 0 amide bonds. The Bertz CT molecular complexity index is 558. The number of carbonyl (C=O) groups excluding carboxylic acids is 1.